The highest BCUT2D eigenvalue weighted by molar-refractivity contribution is 4.92. The molecule has 0 aliphatic heterocycles. The van der Waals surface area contributed by atoms with E-state index < -0.39 is 0 Å². The Hall–Kier alpha value is -0.0800. The van der Waals surface area contributed by atoms with Gasteiger partial charge in [-0.25, -0.2) is 0 Å². The van der Waals surface area contributed by atoms with Gasteiger partial charge in [0.25, 0.3) is 0 Å². The minimum Gasteiger partial charge on any atom is -0.329 e. The van der Waals surface area contributed by atoms with E-state index in [0.717, 1.165) is 24.8 Å². The second-order valence-electron chi connectivity index (χ2n) is 5.30. The van der Waals surface area contributed by atoms with Crippen molar-refractivity contribution >= 4 is 0 Å². The molecule has 0 saturated heterocycles. The summed E-state index contributed by atoms with van der Waals surface area (Å²) in [5.74, 6) is 1.86. The second-order valence-corrected chi connectivity index (χ2v) is 5.30. The van der Waals surface area contributed by atoms with Crippen molar-refractivity contribution in [3.8, 4) is 0 Å². The third kappa shape index (κ3) is 3.76. The van der Waals surface area contributed by atoms with Crippen LogP contribution in [0.2, 0.25) is 0 Å². The average molecular weight is 212 g/mol. The van der Waals surface area contributed by atoms with Gasteiger partial charge in [0.15, 0.2) is 0 Å². The summed E-state index contributed by atoms with van der Waals surface area (Å²) in [7, 11) is 0. The van der Waals surface area contributed by atoms with Crippen molar-refractivity contribution in [2.75, 3.05) is 13.1 Å². The molecule has 2 heteroatoms. The molecule has 3 atom stereocenters. The molecule has 1 aliphatic rings. The summed E-state index contributed by atoms with van der Waals surface area (Å²) in [4.78, 5) is 0. The molecular formula is C13H28N2. The lowest BCUT2D eigenvalue weighted by Crippen LogP contribution is -2.51. The fraction of sp³-hybridized carbons (Fsp3) is 1.00. The average Bonchev–Trinajstić information content (AvgIpc) is 2.96. The Morgan fingerprint density at radius 1 is 1.40 bits per heavy atom. The molecule has 0 spiro atoms. The van der Waals surface area contributed by atoms with Gasteiger partial charge in [-0.15, -0.1) is 0 Å². The summed E-state index contributed by atoms with van der Waals surface area (Å²) >= 11 is 0. The van der Waals surface area contributed by atoms with Gasteiger partial charge in [-0.05, 0) is 37.6 Å². The number of nitrogens with one attached hydrogen (secondary N) is 1. The molecule has 1 saturated carbocycles. The maximum Gasteiger partial charge on any atom is 0.0301 e. The van der Waals surface area contributed by atoms with Crippen LogP contribution in [-0.4, -0.2) is 18.6 Å². The monoisotopic (exact) mass is 212 g/mol. The number of hydrogen-bond acceptors (Lipinski definition) is 2. The van der Waals surface area contributed by atoms with Crippen LogP contribution in [0.4, 0.5) is 0 Å². The van der Waals surface area contributed by atoms with Gasteiger partial charge in [0.2, 0.25) is 0 Å². The molecule has 3 unspecified atom stereocenters. The molecule has 1 rings (SSSR count). The van der Waals surface area contributed by atoms with Crippen LogP contribution in [0.25, 0.3) is 0 Å². The van der Waals surface area contributed by atoms with Gasteiger partial charge in [0.05, 0.1) is 0 Å². The third-order valence-electron chi connectivity index (χ3n) is 4.09. The zero-order valence-corrected chi connectivity index (χ0v) is 10.7. The predicted octanol–water partition coefficient (Wildman–Crippen LogP) is 2.53. The quantitative estimate of drug-likeness (QED) is 0.649. The summed E-state index contributed by atoms with van der Waals surface area (Å²) < 4.78 is 0. The molecule has 1 fully saturated rings. The molecule has 2 nitrogen and oxygen atoms in total. The highest BCUT2D eigenvalue weighted by atomic mass is 15.0. The van der Waals surface area contributed by atoms with Crippen LogP contribution >= 0.6 is 0 Å². The Morgan fingerprint density at radius 3 is 2.47 bits per heavy atom. The Labute approximate surface area is 95.0 Å². The molecule has 3 N–H and O–H groups in total. The zero-order valence-electron chi connectivity index (χ0n) is 10.7. The van der Waals surface area contributed by atoms with E-state index in [2.05, 4.69) is 26.1 Å². The number of hydrogen-bond donors (Lipinski definition) is 2. The van der Waals surface area contributed by atoms with Crippen LogP contribution < -0.4 is 11.1 Å². The van der Waals surface area contributed by atoms with E-state index in [9.17, 15) is 0 Å². The first kappa shape index (κ1) is 13.0. The smallest absolute Gasteiger partial charge is 0.0301 e. The summed E-state index contributed by atoms with van der Waals surface area (Å²) in [5, 5.41) is 3.73. The van der Waals surface area contributed by atoms with E-state index in [0.29, 0.717) is 0 Å². The molecule has 0 radical (unpaired) electrons. The van der Waals surface area contributed by atoms with Gasteiger partial charge < -0.3 is 11.1 Å². The summed E-state index contributed by atoms with van der Waals surface area (Å²) in [5.41, 5.74) is 6.16. The van der Waals surface area contributed by atoms with Crippen molar-refractivity contribution in [1.82, 2.24) is 5.32 Å². The maximum atomic E-state index is 5.94. The number of rotatable bonds is 8. The summed E-state index contributed by atoms with van der Waals surface area (Å²) in [6, 6.07) is 0. The maximum absolute atomic E-state index is 5.94. The molecule has 0 heterocycles. The minimum absolute atomic E-state index is 0.221. The first-order chi connectivity index (χ1) is 7.17. The highest BCUT2D eigenvalue weighted by Crippen LogP contribution is 2.37. The van der Waals surface area contributed by atoms with E-state index in [1.54, 1.807) is 0 Å². The van der Waals surface area contributed by atoms with Crippen molar-refractivity contribution in [3.05, 3.63) is 0 Å². The van der Waals surface area contributed by atoms with Gasteiger partial charge in [0.1, 0.15) is 0 Å². The standard InChI is InChI=1S/C13H28N2/c1-4-6-7-13(5-2,10-14)15-9-12-8-11(12)3/h11-12,15H,4-10,14H2,1-3H3. The fourth-order valence-electron chi connectivity index (χ4n) is 2.25. The van der Waals surface area contributed by atoms with Crippen molar-refractivity contribution in [1.29, 1.82) is 0 Å². The van der Waals surface area contributed by atoms with E-state index in [1.165, 1.54) is 32.2 Å². The van der Waals surface area contributed by atoms with E-state index in [1.807, 2.05) is 0 Å². The molecule has 90 valence electrons. The lowest BCUT2D eigenvalue weighted by Gasteiger charge is -2.33. The number of nitrogens with two attached hydrogens (primary N) is 1. The molecule has 0 bridgehead atoms. The van der Waals surface area contributed by atoms with Crippen LogP contribution in [0.3, 0.4) is 0 Å². The van der Waals surface area contributed by atoms with E-state index >= 15 is 0 Å². The van der Waals surface area contributed by atoms with Crippen LogP contribution in [0.15, 0.2) is 0 Å². The van der Waals surface area contributed by atoms with Crippen LogP contribution in [0.1, 0.15) is 52.9 Å². The second kappa shape index (κ2) is 5.86. The van der Waals surface area contributed by atoms with Crippen LogP contribution in [-0.2, 0) is 0 Å². The molecule has 0 aromatic rings. The van der Waals surface area contributed by atoms with Gasteiger partial charge in [-0.1, -0.05) is 33.6 Å². The first-order valence-electron chi connectivity index (χ1n) is 6.62. The summed E-state index contributed by atoms with van der Waals surface area (Å²) in [6.45, 7) is 8.81. The SMILES string of the molecule is CCCCC(CC)(CN)NCC1CC1C. The Kier molecular flexibility index (Phi) is 5.07. The third-order valence-corrected chi connectivity index (χ3v) is 4.09. The first-order valence-corrected chi connectivity index (χ1v) is 6.62. The lowest BCUT2D eigenvalue weighted by atomic mass is 9.89. The van der Waals surface area contributed by atoms with Crippen molar-refractivity contribution < 1.29 is 0 Å². The van der Waals surface area contributed by atoms with Gasteiger partial charge in [-0.3, -0.25) is 0 Å². The molecular weight excluding hydrogens is 184 g/mol. The van der Waals surface area contributed by atoms with E-state index in [-0.39, 0.29) is 5.54 Å². The van der Waals surface area contributed by atoms with Crippen molar-refractivity contribution in [3.63, 3.8) is 0 Å². The normalized spacial score (nSPS) is 28.8. The lowest BCUT2D eigenvalue weighted by molar-refractivity contribution is 0.285. The summed E-state index contributed by atoms with van der Waals surface area (Å²) in [6.07, 6.45) is 6.36. The number of unbranched alkanes of at least 4 members (excludes halogenated alkanes) is 1. The highest BCUT2D eigenvalue weighted by Gasteiger charge is 2.34. The van der Waals surface area contributed by atoms with Crippen molar-refractivity contribution in [2.45, 2.75) is 58.4 Å². The topological polar surface area (TPSA) is 38.0 Å². The molecule has 1 aliphatic carbocycles. The van der Waals surface area contributed by atoms with E-state index in [4.69, 9.17) is 5.73 Å². The molecule has 0 aromatic carbocycles. The Morgan fingerprint density at radius 2 is 2.07 bits per heavy atom. The minimum atomic E-state index is 0.221. The van der Waals surface area contributed by atoms with Crippen LogP contribution in [0.5, 0.6) is 0 Å². The Balaban J connectivity index is 2.33. The predicted molar refractivity (Wildman–Crippen MR) is 66.9 cm³/mol. The molecule has 15 heavy (non-hydrogen) atoms. The van der Waals surface area contributed by atoms with Gasteiger partial charge in [0, 0.05) is 12.1 Å². The molecule has 0 amide bonds. The van der Waals surface area contributed by atoms with Gasteiger partial charge >= 0.3 is 0 Å². The zero-order chi connectivity index (χ0) is 11.3. The van der Waals surface area contributed by atoms with Crippen molar-refractivity contribution in [2.24, 2.45) is 17.6 Å². The fourth-order valence-corrected chi connectivity index (χ4v) is 2.25. The largest absolute Gasteiger partial charge is 0.329 e. The molecule has 0 aromatic heterocycles. The Bertz CT molecular complexity index is 175. The van der Waals surface area contributed by atoms with Gasteiger partial charge in [-0.2, -0.15) is 0 Å². The van der Waals surface area contributed by atoms with Crippen LogP contribution in [0, 0.1) is 11.8 Å².